The Hall–Kier alpha value is -0.240. The molecule has 0 fully saturated rings. The minimum absolute atomic E-state index is 0.219. The minimum atomic E-state index is -0.595. The van der Waals surface area contributed by atoms with Crippen molar-refractivity contribution in [2.45, 2.75) is 6.92 Å². The molecule has 0 aliphatic rings. The van der Waals surface area contributed by atoms with Crippen LogP contribution in [0.2, 0.25) is 10.0 Å². The maximum absolute atomic E-state index is 10.8. The van der Waals surface area contributed by atoms with E-state index in [-0.39, 0.29) is 10.6 Å². The van der Waals surface area contributed by atoms with Gasteiger partial charge in [-0.3, -0.25) is 4.79 Å². The molecule has 0 atom stereocenters. The fourth-order valence-electron chi connectivity index (χ4n) is 0.798. The Morgan fingerprint density at radius 1 is 1.25 bits per heavy atom. The fourth-order valence-corrected chi connectivity index (χ4v) is 1.47. The van der Waals surface area contributed by atoms with Crippen molar-refractivity contribution >= 4 is 40.0 Å². The van der Waals surface area contributed by atoms with Crippen molar-refractivity contribution in [1.82, 2.24) is 0 Å². The lowest BCUT2D eigenvalue weighted by atomic mass is 10.2. The number of carbonyl (C=O) groups excluding carboxylic acids is 1. The van der Waals surface area contributed by atoms with Gasteiger partial charge in [-0.15, -0.1) is 0 Å². The Balaban J connectivity index is 3.36. The molecule has 0 unspecified atom stereocenters. The van der Waals surface area contributed by atoms with E-state index in [1.54, 1.807) is 19.1 Å². The minimum Gasteiger partial charge on any atom is -0.276 e. The van der Waals surface area contributed by atoms with Crippen LogP contribution in [0.15, 0.2) is 12.1 Å². The molecule has 0 heterocycles. The van der Waals surface area contributed by atoms with E-state index in [1.807, 2.05) is 0 Å². The molecule has 1 aromatic carbocycles. The van der Waals surface area contributed by atoms with Crippen LogP contribution in [0.4, 0.5) is 0 Å². The summed E-state index contributed by atoms with van der Waals surface area (Å²) in [5, 5.41) is 0.00160. The van der Waals surface area contributed by atoms with Gasteiger partial charge in [0.25, 0.3) is 5.24 Å². The lowest BCUT2D eigenvalue weighted by Crippen LogP contribution is -1.91. The van der Waals surface area contributed by atoms with Crippen LogP contribution in [0.1, 0.15) is 15.9 Å². The second-order valence-electron chi connectivity index (χ2n) is 2.33. The number of halogens is 3. The van der Waals surface area contributed by atoms with Gasteiger partial charge in [0, 0.05) is 0 Å². The van der Waals surface area contributed by atoms with E-state index in [0.29, 0.717) is 5.02 Å². The van der Waals surface area contributed by atoms with Gasteiger partial charge in [-0.1, -0.05) is 29.3 Å². The molecule has 0 aliphatic carbocycles. The van der Waals surface area contributed by atoms with Crippen LogP contribution in [0.5, 0.6) is 0 Å². The van der Waals surface area contributed by atoms with Gasteiger partial charge in [-0.05, 0) is 30.2 Å². The van der Waals surface area contributed by atoms with Crippen molar-refractivity contribution in [3.63, 3.8) is 0 Å². The number of hydrogen-bond donors (Lipinski definition) is 0. The first-order valence-electron chi connectivity index (χ1n) is 3.18. The average Bonchev–Trinajstić information content (AvgIpc) is 2.00. The molecule has 0 saturated carbocycles. The average molecular weight is 223 g/mol. The van der Waals surface area contributed by atoms with Gasteiger partial charge in [-0.25, -0.2) is 0 Å². The van der Waals surface area contributed by atoms with Crippen molar-refractivity contribution in [2.75, 3.05) is 0 Å². The first-order valence-corrected chi connectivity index (χ1v) is 4.32. The van der Waals surface area contributed by atoms with Crippen LogP contribution >= 0.6 is 34.8 Å². The zero-order chi connectivity index (χ0) is 9.30. The van der Waals surface area contributed by atoms with Gasteiger partial charge in [-0.2, -0.15) is 0 Å². The molecule has 0 N–H and O–H groups in total. The zero-order valence-electron chi connectivity index (χ0n) is 6.20. The van der Waals surface area contributed by atoms with E-state index >= 15 is 0 Å². The Kier molecular flexibility index (Phi) is 2.99. The topological polar surface area (TPSA) is 17.1 Å². The molecule has 0 spiro atoms. The summed E-state index contributed by atoms with van der Waals surface area (Å²) in [6.07, 6.45) is 0. The molecular formula is C8H5Cl3O. The lowest BCUT2D eigenvalue weighted by molar-refractivity contribution is 0.108. The van der Waals surface area contributed by atoms with Crippen molar-refractivity contribution in [2.24, 2.45) is 0 Å². The summed E-state index contributed by atoms with van der Waals surface area (Å²) in [5.41, 5.74) is 1.07. The standard InChI is InChI=1S/C8H5Cl3O/c1-4-2-3-5(8(11)12)7(10)6(4)9/h2-3H,1H3. The van der Waals surface area contributed by atoms with Crippen LogP contribution in [0.3, 0.4) is 0 Å². The highest BCUT2D eigenvalue weighted by Gasteiger charge is 2.11. The smallest absolute Gasteiger partial charge is 0.253 e. The Bertz CT molecular complexity index is 333. The largest absolute Gasteiger partial charge is 0.276 e. The lowest BCUT2D eigenvalue weighted by Gasteiger charge is -2.03. The molecule has 0 aromatic heterocycles. The van der Waals surface area contributed by atoms with E-state index in [1.165, 1.54) is 0 Å². The summed E-state index contributed by atoms with van der Waals surface area (Å²) in [7, 11) is 0. The number of aryl methyl sites for hydroxylation is 1. The summed E-state index contributed by atoms with van der Waals surface area (Å²) >= 11 is 16.8. The quantitative estimate of drug-likeness (QED) is 0.664. The van der Waals surface area contributed by atoms with Crippen molar-refractivity contribution < 1.29 is 4.79 Å². The van der Waals surface area contributed by atoms with Crippen LogP contribution in [0.25, 0.3) is 0 Å². The third kappa shape index (κ3) is 1.74. The van der Waals surface area contributed by atoms with Crippen LogP contribution in [-0.4, -0.2) is 5.24 Å². The van der Waals surface area contributed by atoms with Crippen LogP contribution in [-0.2, 0) is 0 Å². The fraction of sp³-hybridized carbons (Fsp3) is 0.125. The predicted molar refractivity (Wildman–Crippen MR) is 51.4 cm³/mol. The first-order chi connectivity index (χ1) is 5.54. The van der Waals surface area contributed by atoms with Gasteiger partial charge in [0.05, 0.1) is 15.6 Å². The van der Waals surface area contributed by atoms with Crippen molar-refractivity contribution in [3.8, 4) is 0 Å². The summed E-state index contributed by atoms with van der Waals surface area (Å²) < 4.78 is 0. The number of rotatable bonds is 1. The number of hydrogen-bond acceptors (Lipinski definition) is 1. The molecule has 0 bridgehead atoms. The Labute approximate surface area is 85.2 Å². The first kappa shape index (κ1) is 9.85. The molecule has 1 rings (SSSR count). The van der Waals surface area contributed by atoms with E-state index < -0.39 is 5.24 Å². The van der Waals surface area contributed by atoms with Gasteiger partial charge >= 0.3 is 0 Å². The maximum Gasteiger partial charge on any atom is 0.253 e. The van der Waals surface area contributed by atoms with Crippen LogP contribution < -0.4 is 0 Å². The van der Waals surface area contributed by atoms with E-state index in [4.69, 9.17) is 34.8 Å². The van der Waals surface area contributed by atoms with Gasteiger partial charge < -0.3 is 0 Å². The molecule has 0 amide bonds. The SMILES string of the molecule is Cc1ccc(C(=O)Cl)c(Cl)c1Cl. The second kappa shape index (κ2) is 3.65. The molecule has 0 radical (unpaired) electrons. The summed E-state index contributed by atoms with van der Waals surface area (Å²) in [6.45, 7) is 1.80. The highest BCUT2D eigenvalue weighted by Crippen LogP contribution is 2.29. The normalized spacial score (nSPS) is 10.0. The molecule has 1 nitrogen and oxygen atoms in total. The van der Waals surface area contributed by atoms with E-state index in [2.05, 4.69) is 0 Å². The van der Waals surface area contributed by atoms with E-state index in [0.717, 1.165) is 5.56 Å². The summed E-state index contributed by atoms with van der Waals surface area (Å²) in [5.74, 6) is 0. The van der Waals surface area contributed by atoms with E-state index in [9.17, 15) is 4.79 Å². The van der Waals surface area contributed by atoms with Gasteiger partial charge in [0.2, 0.25) is 0 Å². The maximum atomic E-state index is 10.8. The monoisotopic (exact) mass is 222 g/mol. The summed E-state index contributed by atoms with van der Waals surface area (Å²) in [6, 6.07) is 3.25. The molecule has 1 aromatic rings. The summed E-state index contributed by atoms with van der Waals surface area (Å²) in [4.78, 5) is 10.8. The molecule has 12 heavy (non-hydrogen) atoms. The molecule has 0 saturated heterocycles. The van der Waals surface area contributed by atoms with Gasteiger partial charge in [0.15, 0.2) is 0 Å². The Morgan fingerprint density at radius 3 is 2.33 bits per heavy atom. The van der Waals surface area contributed by atoms with Gasteiger partial charge in [0.1, 0.15) is 0 Å². The van der Waals surface area contributed by atoms with Crippen molar-refractivity contribution in [3.05, 3.63) is 33.3 Å². The third-order valence-electron chi connectivity index (χ3n) is 1.49. The number of carbonyl (C=O) groups is 1. The molecular weight excluding hydrogens is 218 g/mol. The Morgan fingerprint density at radius 2 is 1.83 bits per heavy atom. The highest BCUT2D eigenvalue weighted by atomic mass is 35.5. The zero-order valence-corrected chi connectivity index (χ0v) is 8.46. The molecule has 64 valence electrons. The predicted octanol–water partition coefficient (Wildman–Crippen LogP) is 3.68. The van der Waals surface area contributed by atoms with Crippen LogP contribution in [0, 0.1) is 6.92 Å². The third-order valence-corrected chi connectivity index (χ3v) is 2.67. The molecule has 4 heteroatoms. The highest BCUT2D eigenvalue weighted by molar-refractivity contribution is 6.69. The second-order valence-corrected chi connectivity index (χ2v) is 3.43. The molecule has 0 aliphatic heterocycles. The van der Waals surface area contributed by atoms with Crippen molar-refractivity contribution in [1.29, 1.82) is 0 Å². The number of benzene rings is 1.